The highest BCUT2D eigenvalue weighted by molar-refractivity contribution is 6.30. The molecule has 1 unspecified atom stereocenters. The number of ether oxygens (including phenoxy) is 4. The van der Waals surface area contributed by atoms with Gasteiger partial charge in [0.15, 0.2) is 6.61 Å². The lowest BCUT2D eigenvalue weighted by atomic mass is 9.83. The lowest BCUT2D eigenvalue weighted by molar-refractivity contribution is -0.136. The molecule has 3 aromatic rings. The van der Waals surface area contributed by atoms with Crippen molar-refractivity contribution in [1.82, 2.24) is 0 Å². The Morgan fingerprint density at radius 1 is 1.00 bits per heavy atom. The van der Waals surface area contributed by atoms with Gasteiger partial charge in [-0.05, 0) is 60.9 Å². The van der Waals surface area contributed by atoms with E-state index in [9.17, 15) is 10.1 Å². The first kappa shape index (κ1) is 28.8. The molecule has 0 saturated heterocycles. The fraction of sp³-hybridized carbons (Fsp3) is 0.312. The molecule has 8 heteroatoms. The maximum atomic E-state index is 12.5. The fourth-order valence-electron chi connectivity index (χ4n) is 4.57. The third-order valence-corrected chi connectivity index (χ3v) is 6.87. The van der Waals surface area contributed by atoms with Gasteiger partial charge in [-0.15, -0.1) is 0 Å². The van der Waals surface area contributed by atoms with Crippen LogP contribution in [-0.4, -0.2) is 19.2 Å². The van der Waals surface area contributed by atoms with Crippen molar-refractivity contribution in [2.75, 3.05) is 13.2 Å². The second-order valence-corrected chi connectivity index (χ2v) is 10.1. The van der Waals surface area contributed by atoms with Crippen LogP contribution in [-0.2, 0) is 4.79 Å². The number of halogens is 1. The Labute approximate surface area is 240 Å². The lowest BCUT2D eigenvalue weighted by Gasteiger charge is -2.26. The summed E-state index contributed by atoms with van der Waals surface area (Å²) in [6, 6.07) is 20.0. The van der Waals surface area contributed by atoms with Crippen LogP contribution in [0.1, 0.15) is 61.6 Å². The van der Waals surface area contributed by atoms with Crippen molar-refractivity contribution in [1.29, 1.82) is 5.26 Å². The minimum Gasteiger partial charge on any atom is -0.494 e. The average molecular weight is 561 g/mol. The summed E-state index contributed by atoms with van der Waals surface area (Å²) >= 11 is 5.97. The highest BCUT2D eigenvalue weighted by atomic mass is 35.5. The van der Waals surface area contributed by atoms with Gasteiger partial charge in [0.2, 0.25) is 5.88 Å². The average Bonchev–Trinajstić information content (AvgIpc) is 2.94. The molecule has 0 aliphatic carbocycles. The summed E-state index contributed by atoms with van der Waals surface area (Å²) in [6.45, 7) is 4.43. The third-order valence-electron chi connectivity index (χ3n) is 6.63. The number of unbranched alkanes of at least 4 members (excludes halogenated alkanes) is 4. The summed E-state index contributed by atoms with van der Waals surface area (Å²) in [5.41, 5.74) is 8.87. The number of rotatable bonds is 12. The molecule has 0 amide bonds. The SMILES string of the molecule is CCCCCCCOc1ccc(C2C(C#N)=C(N)Oc3cc(OC(=O)COc4ccc(Cl)cc4C)ccc32)cc1. The number of nitrogens with two attached hydrogens (primary N) is 1. The van der Waals surface area contributed by atoms with Gasteiger partial charge in [0, 0.05) is 16.7 Å². The van der Waals surface area contributed by atoms with Crippen molar-refractivity contribution in [3.05, 3.63) is 93.8 Å². The van der Waals surface area contributed by atoms with Crippen LogP contribution in [0.5, 0.6) is 23.0 Å². The van der Waals surface area contributed by atoms with Crippen LogP contribution in [0.15, 0.2) is 72.1 Å². The molecule has 0 saturated carbocycles. The molecule has 0 spiro atoms. The van der Waals surface area contributed by atoms with Crippen LogP contribution in [0.4, 0.5) is 0 Å². The second-order valence-electron chi connectivity index (χ2n) is 9.63. The van der Waals surface area contributed by atoms with Crippen molar-refractivity contribution in [3.8, 4) is 29.1 Å². The Kier molecular flexibility index (Phi) is 9.93. The molecule has 1 atom stereocenters. The molecule has 0 bridgehead atoms. The van der Waals surface area contributed by atoms with E-state index in [2.05, 4.69) is 13.0 Å². The van der Waals surface area contributed by atoms with E-state index in [0.717, 1.165) is 35.3 Å². The lowest BCUT2D eigenvalue weighted by Crippen LogP contribution is -2.21. The number of esters is 1. The summed E-state index contributed by atoms with van der Waals surface area (Å²) in [6.07, 6.45) is 5.87. The molecule has 2 N–H and O–H groups in total. The highest BCUT2D eigenvalue weighted by Crippen LogP contribution is 2.43. The van der Waals surface area contributed by atoms with E-state index in [1.54, 1.807) is 36.4 Å². The van der Waals surface area contributed by atoms with Crippen LogP contribution >= 0.6 is 11.6 Å². The van der Waals surface area contributed by atoms with Crippen LogP contribution in [0.2, 0.25) is 5.02 Å². The van der Waals surface area contributed by atoms with Gasteiger partial charge < -0.3 is 24.7 Å². The van der Waals surface area contributed by atoms with E-state index < -0.39 is 11.9 Å². The van der Waals surface area contributed by atoms with E-state index in [4.69, 9.17) is 36.3 Å². The number of carbonyl (C=O) groups excluding carboxylic acids is 1. The van der Waals surface area contributed by atoms with Gasteiger partial charge in [0.05, 0.1) is 12.5 Å². The summed E-state index contributed by atoms with van der Waals surface area (Å²) in [7, 11) is 0. The molecule has 7 nitrogen and oxygen atoms in total. The predicted molar refractivity (Wildman–Crippen MR) is 154 cm³/mol. The van der Waals surface area contributed by atoms with E-state index in [0.29, 0.717) is 28.7 Å². The Bertz CT molecular complexity index is 1410. The van der Waals surface area contributed by atoms with Gasteiger partial charge >= 0.3 is 5.97 Å². The van der Waals surface area contributed by atoms with Gasteiger partial charge in [-0.3, -0.25) is 0 Å². The van der Waals surface area contributed by atoms with Crippen LogP contribution in [0.3, 0.4) is 0 Å². The second kappa shape index (κ2) is 13.8. The third kappa shape index (κ3) is 7.28. The number of nitriles is 1. The maximum Gasteiger partial charge on any atom is 0.349 e. The first-order valence-electron chi connectivity index (χ1n) is 13.4. The van der Waals surface area contributed by atoms with Crippen LogP contribution in [0.25, 0.3) is 0 Å². The number of aryl methyl sites for hydroxylation is 1. The standard InChI is InChI=1S/C32H33ClN2O5/c1-3-4-5-6-7-16-37-24-11-8-22(9-12-24)31-26-14-13-25(18-29(26)40-32(35)27(31)19-34)39-30(36)20-38-28-15-10-23(33)17-21(28)2/h8-15,17-18,31H,3-7,16,20,35H2,1-2H3. The first-order chi connectivity index (χ1) is 19.4. The van der Waals surface area contributed by atoms with Crippen LogP contribution in [0, 0.1) is 18.3 Å². The molecule has 1 aliphatic heterocycles. The smallest absolute Gasteiger partial charge is 0.349 e. The minimum absolute atomic E-state index is 0.0115. The Morgan fingerprint density at radius 3 is 2.48 bits per heavy atom. The van der Waals surface area contributed by atoms with Gasteiger partial charge in [-0.2, -0.15) is 5.26 Å². The Morgan fingerprint density at radius 2 is 1.75 bits per heavy atom. The van der Waals surface area contributed by atoms with E-state index >= 15 is 0 Å². The largest absolute Gasteiger partial charge is 0.494 e. The van der Waals surface area contributed by atoms with Crippen molar-refractivity contribution in [3.63, 3.8) is 0 Å². The quantitative estimate of drug-likeness (QED) is 0.142. The number of nitrogens with zero attached hydrogens (tertiary/aromatic N) is 1. The van der Waals surface area contributed by atoms with Crippen molar-refractivity contribution in [2.45, 2.75) is 51.9 Å². The molecule has 208 valence electrons. The number of fused-ring (bicyclic) bond motifs is 1. The number of hydrogen-bond donors (Lipinski definition) is 1. The van der Waals surface area contributed by atoms with Crippen molar-refractivity contribution < 1.29 is 23.7 Å². The number of hydrogen-bond acceptors (Lipinski definition) is 7. The molecular formula is C32H33ClN2O5. The molecule has 40 heavy (non-hydrogen) atoms. The van der Waals surface area contributed by atoms with Crippen LogP contribution < -0.4 is 24.7 Å². The summed E-state index contributed by atoms with van der Waals surface area (Å²) < 4.78 is 22.7. The number of carbonyl (C=O) groups is 1. The van der Waals surface area contributed by atoms with E-state index in [1.807, 2.05) is 31.2 Å². The monoisotopic (exact) mass is 560 g/mol. The first-order valence-corrected chi connectivity index (χ1v) is 13.8. The van der Waals surface area contributed by atoms with Gasteiger partial charge in [0.25, 0.3) is 0 Å². The molecular weight excluding hydrogens is 528 g/mol. The topological polar surface area (TPSA) is 104 Å². The molecule has 0 aromatic heterocycles. The predicted octanol–water partition coefficient (Wildman–Crippen LogP) is 7.20. The summed E-state index contributed by atoms with van der Waals surface area (Å²) in [5, 5.41) is 10.4. The molecule has 1 heterocycles. The zero-order valence-electron chi connectivity index (χ0n) is 22.7. The fourth-order valence-corrected chi connectivity index (χ4v) is 4.79. The zero-order chi connectivity index (χ0) is 28.5. The summed E-state index contributed by atoms with van der Waals surface area (Å²) in [4.78, 5) is 12.5. The normalized spacial score (nSPS) is 14.1. The zero-order valence-corrected chi connectivity index (χ0v) is 23.5. The van der Waals surface area contributed by atoms with Crippen molar-refractivity contribution >= 4 is 17.6 Å². The van der Waals surface area contributed by atoms with E-state index in [-0.39, 0.29) is 18.2 Å². The minimum atomic E-state index is -0.580. The number of allylic oxidation sites excluding steroid dienone is 1. The van der Waals surface area contributed by atoms with Gasteiger partial charge in [-0.1, -0.05) is 62.4 Å². The van der Waals surface area contributed by atoms with Gasteiger partial charge in [-0.25, -0.2) is 4.79 Å². The Balaban J connectivity index is 1.43. The van der Waals surface area contributed by atoms with E-state index in [1.165, 1.54) is 19.3 Å². The molecule has 0 fully saturated rings. The van der Waals surface area contributed by atoms with Gasteiger partial charge in [0.1, 0.15) is 34.6 Å². The maximum absolute atomic E-state index is 12.5. The Hall–Kier alpha value is -4.15. The summed E-state index contributed by atoms with van der Waals surface area (Å²) in [5.74, 6) is 1.01. The molecule has 3 aromatic carbocycles. The highest BCUT2D eigenvalue weighted by Gasteiger charge is 2.31. The van der Waals surface area contributed by atoms with Crippen molar-refractivity contribution in [2.24, 2.45) is 5.73 Å². The molecule has 1 aliphatic rings. The molecule has 4 rings (SSSR count). The molecule has 0 radical (unpaired) electrons. The number of benzene rings is 3.